The smallest absolute Gasteiger partial charge is 0.202 e. The summed E-state index contributed by atoms with van der Waals surface area (Å²) in [5.41, 5.74) is 5.59. The standard InChI is InChI=1S/C7H15NOS/c1-7(2,3)4-5(8)6(9)10/h5H,4,8H2,1-3H3,(H,9,10)/t5-/m0/s1. The van der Waals surface area contributed by atoms with E-state index < -0.39 is 6.04 Å². The van der Waals surface area contributed by atoms with Gasteiger partial charge in [-0.2, -0.15) is 0 Å². The molecular weight excluding hydrogens is 146 g/mol. The second kappa shape index (κ2) is 3.39. The molecule has 0 aliphatic heterocycles. The van der Waals surface area contributed by atoms with Gasteiger partial charge in [-0.15, -0.1) is 12.6 Å². The fourth-order valence-electron chi connectivity index (χ4n) is 0.747. The maximum absolute atomic E-state index is 10.6. The second-order valence-electron chi connectivity index (χ2n) is 3.71. The van der Waals surface area contributed by atoms with Crippen molar-refractivity contribution in [1.29, 1.82) is 0 Å². The number of hydrogen-bond acceptors (Lipinski definition) is 2. The first-order valence-electron chi connectivity index (χ1n) is 3.31. The van der Waals surface area contributed by atoms with E-state index in [0.29, 0.717) is 6.42 Å². The molecule has 10 heavy (non-hydrogen) atoms. The molecule has 0 aliphatic rings. The predicted octanol–water partition coefficient (Wildman–Crippen LogP) is 1.21. The van der Waals surface area contributed by atoms with E-state index in [9.17, 15) is 4.79 Å². The number of thiol groups is 1. The van der Waals surface area contributed by atoms with Crippen molar-refractivity contribution in [2.45, 2.75) is 33.2 Å². The van der Waals surface area contributed by atoms with E-state index in [1.165, 1.54) is 0 Å². The molecule has 2 N–H and O–H groups in total. The number of hydrogen-bond donors (Lipinski definition) is 2. The Morgan fingerprint density at radius 3 is 2.10 bits per heavy atom. The van der Waals surface area contributed by atoms with Gasteiger partial charge >= 0.3 is 0 Å². The third kappa shape index (κ3) is 4.82. The Bertz CT molecular complexity index is 128. The van der Waals surface area contributed by atoms with E-state index in [4.69, 9.17) is 5.73 Å². The van der Waals surface area contributed by atoms with Gasteiger partial charge in [0.2, 0.25) is 5.12 Å². The van der Waals surface area contributed by atoms with Crippen LogP contribution in [0.4, 0.5) is 0 Å². The number of nitrogens with two attached hydrogens (primary N) is 1. The van der Waals surface area contributed by atoms with Crippen LogP contribution in [0.25, 0.3) is 0 Å². The molecule has 2 nitrogen and oxygen atoms in total. The average Bonchev–Trinajstić information content (AvgIpc) is 1.60. The second-order valence-corrected chi connectivity index (χ2v) is 4.15. The summed E-state index contributed by atoms with van der Waals surface area (Å²) >= 11 is 3.64. The van der Waals surface area contributed by atoms with Crippen LogP contribution in [0.2, 0.25) is 0 Å². The Morgan fingerprint density at radius 2 is 2.00 bits per heavy atom. The molecule has 0 unspecified atom stereocenters. The topological polar surface area (TPSA) is 43.1 Å². The predicted molar refractivity (Wildman–Crippen MR) is 46.0 cm³/mol. The van der Waals surface area contributed by atoms with E-state index in [1.54, 1.807) is 0 Å². The molecule has 0 bridgehead atoms. The molecular formula is C7H15NOS. The molecule has 0 saturated heterocycles. The zero-order valence-electron chi connectivity index (χ0n) is 6.72. The zero-order valence-corrected chi connectivity index (χ0v) is 7.61. The quantitative estimate of drug-likeness (QED) is 0.598. The molecule has 0 aliphatic carbocycles. The van der Waals surface area contributed by atoms with E-state index in [2.05, 4.69) is 12.6 Å². The van der Waals surface area contributed by atoms with Crippen molar-refractivity contribution in [1.82, 2.24) is 0 Å². The summed E-state index contributed by atoms with van der Waals surface area (Å²) in [6.45, 7) is 6.14. The molecule has 0 radical (unpaired) electrons. The van der Waals surface area contributed by atoms with Gasteiger partial charge in [-0.25, -0.2) is 0 Å². The van der Waals surface area contributed by atoms with Crippen LogP contribution < -0.4 is 5.73 Å². The molecule has 0 aromatic rings. The minimum Gasteiger partial charge on any atom is -0.321 e. The first-order chi connectivity index (χ1) is 4.33. The van der Waals surface area contributed by atoms with Gasteiger partial charge in [0, 0.05) is 0 Å². The summed E-state index contributed by atoms with van der Waals surface area (Å²) in [4.78, 5) is 10.6. The lowest BCUT2D eigenvalue weighted by Crippen LogP contribution is -2.31. The molecule has 0 spiro atoms. The van der Waals surface area contributed by atoms with Gasteiger partial charge in [0.25, 0.3) is 0 Å². The van der Waals surface area contributed by atoms with Crippen molar-refractivity contribution >= 4 is 17.7 Å². The van der Waals surface area contributed by atoms with Crippen molar-refractivity contribution < 1.29 is 4.79 Å². The third-order valence-corrected chi connectivity index (χ3v) is 1.48. The average molecular weight is 161 g/mol. The van der Waals surface area contributed by atoms with Crippen LogP contribution in [0.15, 0.2) is 0 Å². The highest BCUT2D eigenvalue weighted by Gasteiger charge is 2.18. The van der Waals surface area contributed by atoms with E-state index >= 15 is 0 Å². The van der Waals surface area contributed by atoms with Gasteiger partial charge in [-0.1, -0.05) is 20.8 Å². The summed E-state index contributed by atoms with van der Waals surface area (Å²) in [7, 11) is 0. The van der Waals surface area contributed by atoms with Crippen LogP contribution in [-0.2, 0) is 4.79 Å². The first-order valence-corrected chi connectivity index (χ1v) is 3.76. The van der Waals surface area contributed by atoms with Crippen molar-refractivity contribution in [3.8, 4) is 0 Å². The molecule has 0 heterocycles. The number of carbonyl (C=O) groups is 1. The molecule has 60 valence electrons. The van der Waals surface area contributed by atoms with Crippen LogP contribution in [0.1, 0.15) is 27.2 Å². The Kier molecular flexibility index (Phi) is 3.39. The van der Waals surface area contributed by atoms with E-state index in [1.807, 2.05) is 20.8 Å². The lowest BCUT2D eigenvalue weighted by molar-refractivity contribution is -0.112. The first kappa shape index (κ1) is 9.98. The Labute approximate surface area is 67.6 Å². The van der Waals surface area contributed by atoms with Gasteiger partial charge in [0.05, 0.1) is 6.04 Å². The SMILES string of the molecule is CC(C)(C)C[C@H](N)C(=O)S. The summed E-state index contributed by atoms with van der Waals surface area (Å²) < 4.78 is 0. The van der Waals surface area contributed by atoms with E-state index in [0.717, 1.165) is 0 Å². The van der Waals surface area contributed by atoms with Crippen LogP contribution in [0, 0.1) is 5.41 Å². The molecule has 0 rings (SSSR count). The van der Waals surface area contributed by atoms with E-state index in [-0.39, 0.29) is 10.5 Å². The number of rotatable bonds is 2. The fraction of sp³-hybridized carbons (Fsp3) is 0.857. The zero-order chi connectivity index (χ0) is 8.36. The minimum atomic E-state index is -0.414. The summed E-state index contributed by atoms with van der Waals surface area (Å²) in [5, 5.41) is -0.227. The molecule has 0 amide bonds. The van der Waals surface area contributed by atoms with Crippen molar-refractivity contribution in [2.24, 2.45) is 11.1 Å². The largest absolute Gasteiger partial charge is 0.321 e. The van der Waals surface area contributed by atoms with Gasteiger partial charge in [-0.05, 0) is 11.8 Å². The molecule has 0 aromatic carbocycles. The highest BCUT2D eigenvalue weighted by Crippen LogP contribution is 2.20. The maximum atomic E-state index is 10.6. The summed E-state index contributed by atoms with van der Waals surface area (Å²) in [6.07, 6.45) is 0.690. The Morgan fingerprint density at radius 1 is 1.60 bits per heavy atom. The minimum absolute atomic E-state index is 0.109. The van der Waals surface area contributed by atoms with Crippen molar-refractivity contribution in [2.75, 3.05) is 0 Å². The van der Waals surface area contributed by atoms with Crippen molar-refractivity contribution in [3.05, 3.63) is 0 Å². The van der Waals surface area contributed by atoms with Crippen molar-refractivity contribution in [3.63, 3.8) is 0 Å². The third-order valence-electron chi connectivity index (χ3n) is 1.15. The highest BCUT2D eigenvalue weighted by atomic mass is 32.1. The molecule has 0 fully saturated rings. The lowest BCUT2D eigenvalue weighted by atomic mass is 9.89. The van der Waals surface area contributed by atoms with Crippen LogP contribution in [-0.4, -0.2) is 11.2 Å². The monoisotopic (exact) mass is 161 g/mol. The fourth-order valence-corrected chi connectivity index (χ4v) is 0.838. The van der Waals surface area contributed by atoms with Gasteiger partial charge in [0.1, 0.15) is 0 Å². The molecule has 1 atom stereocenters. The van der Waals surface area contributed by atoms with Gasteiger partial charge in [-0.3, -0.25) is 4.79 Å². The Balaban J connectivity index is 3.80. The van der Waals surface area contributed by atoms with Crippen LogP contribution in [0.5, 0.6) is 0 Å². The normalized spacial score (nSPS) is 14.9. The Hall–Kier alpha value is -0.0200. The molecule has 0 aromatic heterocycles. The van der Waals surface area contributed by atoms with Gasteiger partial charge < -0.3 is 5.73 Å². The lowest BCUT2D eigenvalue weighted by Gasteiger charge is -2.20. The summed E-state index contributed by atoms with van der Waals surface area (Å²) in [6, 6.07) is -0.414. The molecule has 0 saturated carbocycles. The van der Waals surface area contributed by atoms with Crippen LogP contribution >= 0.6 is 12.6 Å². The maximum Gasteiger partial charge on any atom is 0.202 e. The number of carbonyl (C=O) groups excluding carboxylic acids is 1. The van der Waals surface area contributed by atoms with Gasteiger partial charge in [0.15, 0.2) is 0 Å². The highest BCUT2D eigenvalue weighted by molar-refractivity contribution is 7.96. The van der Waals surface area contributed by atoms with Crippen LogP contribution in [0.3, 0.4) is 0 Å². The summed E-state index contributed by atoms with van der Waals surface area (Å²) in [5.74, 6) is 0. The molecule has 3 heteroatoms.